The Morgan fingerprint density at radius 1 is 0.706 bits per heavy atom. The van der Waals surface area contributed by atoms with Crippen molar-refractivity contribution >= 4 is 81.9 Å². The first-order valence-corrected chi connectivity index (χ1v) is 35.0. The van der Waals surface area contributed by atoms with Crippen LogP contribution < -0.4 is 47.9 Å². The highest BCUT2D eigenvalue weighted by molar-refractivity contribution is 6.01. The van der Waals surface area contributed by atoms with E-state index in [0.717, 1.165) is 0 Å². The molecule has 102 heavy (non-hydrogen) atoms. The van der Waals surface area contributed by atoms with Gasteiger partial charge < -0.3 is 81.4 Å². The molecule has 0 bridgehead atoms. The highest BCUT2D eigenvalue weighted by Gasteiger charge is 2.46. The smallest absolute Gasteiger partial charge is 0.343 e. The molecule has 29 heteroatoms. The van der Waals surface area contributed by atoms with Crippen LogP contribution in [-0.4, -0.2) is 192 Å². The molecule has 0 saturated heterocycles. The summed E-state index contributed by atoms with van der Waals surface area (Å²) in [6, 6.07) is 7.19. The summed E-state index contributed by atoms with van der Waals surface area (Å²) in [5, 5.41) is 35.7. The molecule has 3 aliphatic rings. The van der Waals surface area contributed by atoms with Crippen molar-refractivity contribution in [2.75, 3.05) is 99.5 Å². The van der Waals surface area contributed by atoms with Gasteiger partial charge in [0.15, 0.2) is 11.4 Å². The number of benzene rings is 2. The highest BCUT2D eigenvalue weighted by atomic mass is 19.1. The van der Waals surface area contributed by atoms with Crippen LogP contribution in [0.3, 0.4) is 0 Å². The zero-order valence-corrected chi connectivity index (χ0v) is 60.3. The van der Waals surface area contributed by atoms with Crippen LogP contribution in [0.1, 0.15) is 133 Å². The second kappa shape index (κ2) is 40.9. The number of Topliss-reactive ketones (excluding diaryl/α,β-unsaturated/α-hetero) is 1. The Morgan fingerprint density at radius 2 is 1.33 bits per heavy atom. The van der Waals surface area contributed by atoms with Crippen LogP contribution >= 0.6 is 0 Å². The van der Waals surface area contributed by atoms with E-state index in [0.29, 0.717) is 127 Å². The van der Waals surface area contributed by atoms with E-state index in [1.54, 1.807) is 57.4 Å². The zero-order chi connectivity index (χ0) is 74.6. The van der Waals surface area contributed by atoms with E-state index in [4.69, 9.17) is 33.4 Å². The van der Waals surface area contributed by atoms with Crippen molar-refractivity contribution in [3.63, 3.8) is 0 Å². The molecule has 3 aromatic rings. The number of aliphatic hydroxyl groups is 1. The minimum atomic E-state index is -2.11. The number of nitrogens with zero attached hydrogens (tertiary/aromatic N) is 1. The van der Waals surface area contributed by atoms with E-state index in [1.165, 1.54) is 12.1 Å². The molecule has 28 nitrogen and oxygen atoms in total. The molecule has 3 heterocycles. The van der Waals surface area contributed by atoms with Crippen molar-refractivity contribution in [2.45, 2.75) is 144 Å². The molecule has 9 amide bonds. The second-order valence-electron chi connectivity index (χ2n) is 26.9. The van der Waals surface area contributed by atoms with E-state index >= 15 is 4.39 Å². The first kappa shape index (κ1) is 82.3. The number of nitrogens with one attached hydrogen (secondary N) is 9. The molecule has 2 unspecified atom stereocenters. The first-order chi connectivity index (χ1) is 48.7. The number of ether oxygens (including phenoxy) is 6. The number of hydrogen-bond acceptors (Lipinski definition) is 19. The van der Waals surface area contributed by atoms with Crippen molar-refractivity contribution in [3.05, 3.63) is 92.9 Å². The average Bonchev–Trinajstić information content (AvgIpc) is 1.75. The van der Waals surface area contributed by atoms with Gasteiger partial charge >= 0.3 is 5.97 Å². The van der Waals surface area contributed by atoms with Crippen LogP contribution in [0.4, 0.5) is 4.39 Å². The fourth-order valence-corrected chi connectivity index (χ4v) is 13.6. The predicted molar refractivity (Wildman–Crippen MR) is 373 cm³/mol. The lowest BCUT2D eigenvalue weighted by Gasteiger charge is -2.40. The summed E-state index contributed by atoms with van der Waals surface area (Å²) in [7, 11) is 1.57. The standard InChI is InChI=1S/C73H103FN10O18/c1-11-73(96)51-21-23-53-49(32-78-70(93)50(51)36-102-72(73)95)69-55(22-20-48-46(9)52(74)31-56(81-53)68(48)69)83-65(92)40-101-41-80-60(87)34-79-71(94)57(30-47-17-13-12-14-18-47)84-61(88)35-76-59(86)33-77-63(90)38-100-39-64(91)82-54(19-15-16-24-75-62(89)37-99-28-27-98-26-25-97-10)58(85)29-45(8)67(44(6)7)66(42(2)3)43(4)5/h12-14,17-18,21,23,31,42-45,54-55,57,66-67,96H,11,15-16,19-20,22,24-30,32-41H2,1-10H3,(H,75,89)(H,76,86)(H,77,90)(H,78,93)(H,79,94)(H,80,87)(H,82,91)(H,83,92)(H,84,88)/b23-21+/t45?,54-,55+,57+,67?,73+/m1/s1. The topological polar surface area (TPSA) is 385 Å². The maximum Gasteiger partial charge on any atom is 0.343 e. The maximum atomic E-state index is 15.4. The first-order valence-electron chi connectivity index (χ1n) is 35.0. The van der Waals surface area contributed by atoms with Crippen LogP contribution in [0.5, 0.6) is 0 Å². The van der Waals surface area contributed by atoms with Crippen molar-refractivity contribution in [2.24, 2.45) is 35.5 Å². The summed E-state index contributed by atoms with van der Waals surface area (Å²) in [6.07, 6.45) is 5.11. The molecular weight excluding hydrogens is 1320 g/mol. The number of amides is 9. The van der Waals surface area contributed by atoms with Gasteiger partial charge in [0.05, 0.1) is 74.9 Å². The zero-order valence-electron chi connectivity index (χ0n) is 60.3. The molecule has 0 fully saturated rings. The van der Waals surface area contributed by atoms with E-state index < -0.39 is 129 Å². The lowest BCUT2D eigenvalue weighted by Crippen LogP contribution is -2.52. The molecule has 2 aliphatic heterocycles. The van der Waals surface area contributed by atoms with E-state index in [-0.39, 0.29) is 80.3 Å². The van der Waals surface area contributed by atoms with Gasteiger partial charge in [-0.2, -0.15) is 0 Å². The molecule has 10 N–H and O–H groups in total. The van der Waals surface area contributed by atoms with Gasteiger partial charge in [-0.1, -0.05) is 91.8 Å². The lowest BCUT2D eigenvalue weighted by atomic mass is 9.65. The fourth-order valence-electron chi connectivity index (χ4n) is 13.6. The van der Waals surface area contributed by atoms with Crippen molar-refractivity contribution in [3.8, 4) is 0 Å². The van der Waals surface area contributed by atoms with E-state index in [1.807, 2.05) is 0 Å². The molecule has 2 aromatic carbocycles. The number of rotatable bonds is 42. The third kappa shape index (κ3) is 24.3. The molecule has 0 saturated carbocycles. The monoisotopic (exact) mass is 1430 g/mol. The maximum absolute atomic E-state index is 15.4. The molecule has 0 radical (unpaired) electrons. The second-order valence-corrected chi connectivity index (χ2v) is 26.9. The number of cyclic esters (lactones) is 1. The van der Waals surface area contributed by atoms with Crippen molar-refractivity contribution in [1.29, 1.82) is 0 Å². The van der Waals surface area contributed by atoms with Crippen LogP contribution in [0.15, 0.2) is 53.6 Å². The third-order valence-electron chi connectivity index (χ3n) is 18.5. The molecule has 6 rings (SSSR count). The fraction of sp³-hybridized carbons (Fsp3) is 0.589. The quantitative estimate of drug-likeness (QED) is 0.0221. The minimum Gasteiger partial charge on any atom is -0.458 e. The van der Waals surface area contributed by atoms with Gasteiger partial charge in [-0.3, -0.25) is 47.9 Å². The average molecular weight is 1430 g/mol. The van der Waals surface area contributed by atoms with Gasteiger partial charge in [-0.25, -0.2) is 14.2 Å². The normalized spacial score (nSPS) is 17.2. The van der Waals surface area contributed by atoms with Gasteiger partial charge in [0, 0.05) is 55.6 Å². The molecular formula is C73H103FN10O18. The number of esters is 1. The number of unbranched alkanes of at least 4 members (excludes halogenated alkanes) is 1. The molecule has 0 spiro atoms. The van der Waals surface area contributed by atoms with Gasteiger partial charge in [0.1, 0.15) is 51.6 Å². The summed E-state index contributed by atoms with van der Waals surface area (Å²) in [6.45, 7) is 15.7. The summed E-state index contributed by atoms with van der Waals surface area (Å²) in [5.41, 5.74) is 1.43. The van der Waals surface area contributed by atoms with Gasteiger partial charge in [-0.15, -0.1) is 0 Å². The Balaban J connectivity index is 0.940. The van der Waals surface area contributed by atoms with Crippen LogP contribution in [-0.2, 0) is 101 Å². The molecule has 560 valence electrons. The summed E-state index contributed by atoms with van der Waals surface area (Å²) < 4.78 is 47.1. The Bertz CT molecular complexity index is 3500. The number of carbonyl (C=O) groups excluding carboxylic acids is 11. The number of fused-ring (bicyclic) bond motifs is 2. The lowest BCUT2D eigenvalue weighted by molar-refractivity contribution is -0.163. The Morgan fingerprint density at radius 3 is 2.04 bits per heavy atom. The number of aromatic nitrogens is 1. The number of methoxy groups -OCH3 is 1. The Labute approximate surface area is 595 Å². The molecule has 1 aromatic heterocycles. The van der Waals surface area contributed by atoms with Gasteiger partial charge in [-0.05, 0) is 109 Å². The van der Waals surface area contributed by atoms with Gasteiger partial charge in [0.2, 0.25) is 47.3 Å². The van der Waals surface area contributed by atoms with Crippen LogP contribution in [0.25, 0.3) is 17.0 Å². The van der Waals surface area contributed by atoms with Crippen LogP contribution in [0, 0.1) is 48.2 Å². The summed E-state index contributed by atoms with van der Waals surface area (Å²) >= 11 is 0. The van der Waals surface area contributed by atoms with E-state index in [9.17, 15) is 57.8 Å². The van der Waals surface area contributed by atoms with Gasteiger partial charge in [0.25, 0.3) is 5.91 Å². The van der Waals surface area contributed by atoms with Crippen LogP contribution in [0.2, 0.25) is 0 Å². The number of hydrogen-bond donors (Lipinski definition) is 10. The van der Waals surface area contributed by atoms with Crippen molar-refractivity contribution < 1.29 is 90.7 Å². The number of halogens is 1. The molecule has 6 atom stereocenters. The molecule has 1 aliphatic carbocycles. The van der Waals surface area contributed by atoms with E-state index in [2.05, 4.69) is 96.3 Å². The predicted octanol–water partition coefficient (Wildman–Crippen LogP) is 2.85. The third-order valence-corrected chi connectivity index (χ3v) is 18.5. The number of aryl methyl sites for hydroxylation is 1. The van der Waals surface area contributed by atoms with Crippen molar-refractivity contribution in [1.82, 2.24) is 52.8 Å². The Kier molecular flexibility index (Phi) is 33.0. The summed E-state index contributed by atoms with van der Waals surface area (Å²) in [4.78, 5) is 150. The SMILES string of the molecule is CC[C@@]1(O)C(=O)OCC2=C1/C=C/c1nc3cc(F)c(C)c4c3c(c1CNC2=O)[C@@H](NC(=O)COCNC(=O)CNC(=O)[C@H](Cc1ccccc1)NC(=O)CNC(=O)CNC(=O)COCC(=O)N[C@H](CCCCNC(=O)COCCOCCOC)C(=O)CC(C)C(C(C)C)C(C(C)C)C(C)C)CC4. The Hall–Kier alpha value is -8.61. The minimum absolute atomic E-state index is 0.00756. The number of pyridine rings is 1. The number of carbonyl (C=O) groups is 11. The summed E-state index contributed by atoms with van der Waals surface area (Å²) in [5.74, 6) is -5.73. The largest absolute Gasteiger partial charge is 0.458 e. The highest BCUT2D eigenvalue weighted by Crippen LogP contribution is 2.43. The number of ketones is 1.